The zero-order chi connectivity index (χ0) is 18.5. The molecular weight excluding hydrogens is 333 g/mol. The van der Waals surface area contributed by atoms with Gasteiger partial charge < -0.3 is 15.3 Å². The Labute approximate surface area is 151 Å². The van der Waals surface area contributed by atoms with Gasteiger partial charge in [-0.05, 0) is 62.4 Å². The van der Waals surface area contributed by atoms with Crippen LogP contribution in [0.15, 0.2) is 36.7 Å². The zero-order valence-electron chi connectivity index (χ0n) is 14.9. The Hall–Kier alpha value is -2.47. The standard InChI is InChI=1S/C20H22FN3O2/c1-12-3-4-15(6-18(12)13-5-14(21)11-22-10-13)23-19(25)24-16-7-17(24)9-20(2,26)8-16/h3-6,10-11,16-17,26H,7-9H2,1-2H3,(H,23,25)/t16-,17?,20?/m0/s1. The molecular formula is C20H22FN3O2. The predicted octanol–water partition coefficient (Wildman–Crippen LogP) is 3.72. The van der Waals surface area contributed by atoms with Gasteiger partial charge in [-0.3, -0.25) is 4.98 Å². The Morgan fingerprint density at radius 3 is 2.73 bits per heavy atom. The van der Waals surface area contributed by atoms with Gasteiger partial charge in [0.25, 0.3) is 0 Å². The number of nitrogens with zero attached hydrogens (tertiary/aromatic N) is 2. The normalized spacial score (nSPS) is 27.0. The van der Waals surface area contributed by atoms with Gasteiger partial charge in [-0.1, -0.05) is 6.07 Å². The van der Waals surface area contributed by atoms with Gasteiger partial charge in [0.1, 0.15) is 5.82 Å². The molecule has 2 aromatic rings. The molecule has 2 bridgehead atoms. The summed E-state index contributed by atoms with van der Waals surface area (Å²) in [6, 6.07) is 7.07. The average molecular weight is 355 g/mol. The lowest BCUT2D eigenvalue weighted by Crippen LogP contribution is -2.67. The minimum atomic E-state index is -0.675. The number of hydrogen-bond acceptors (Lipinski definition) is 3. The number of likely N-dealkylation sites (tertiary alicyclic amines) is 1. The molecule has 1 aromatic carbocycles. The molecule has 1 aromatic heterocycles. The fourth-order valence-corrected chi connectivity index (χ4v) is 4.25. The van der Waals surface area contributed by atoms with Crippen molar-refractivity contribution in [2.75, 3.05) is 5.32 Å². The lowest BCUT2D eigenvalue weighted by molar-refractivity contribution is -0.101. The second-order valence-corrected chi connectivity index (χ2v) is 7.71. The molecule has 3 atom stereocenters. The highest BCUT2D eigenvalue weighted by molar-refractivity contribution is 5.91. The van der Waals surface area contributed by atoms with E-state index >= 15 is 0 Å². The van der Waals surface area contributed by atoms with E-state index in [1.165, 1.54) is 12.3 Å². The first-order valence-corrected chi connectivity index (χ1v) is 8.86. The van der Waals surface area contributed by atoms with Gasteiger partial charge in [0.15, 0.2) is 0 Å². The zero-order valence-corrected chi connectivity index (χ0v) is 14.9. The van der Waals surface area contributed by atoms with Crippen molar-refractivity contribution in [3.8, 4) is 11.1 Å². The van der Waals surface area contributed by atoms with E-state index in [1.807, 2.05) is 36.9 Å². The fourth-order valence-electron chi connectivity index (χ4n) is 4.25. The van der Waals surface area contributed by atoms with Crippen LogP contribution in [-0.2, 0) is 0 Å². The highest BCUT2D eigenvalue weighted by Crippen LogP contribution is 2.43. The third-order valence-electron chi connectivity index (χ3n) is 5.42. The number of carbonyl (C=O) groups excluding carboxylic acids is 1. The molecule has 1 saturated carbocycles. The van der Waals surface area contributed by atoms with E-state index < -0.39 is 11.4 Å². The maximum Gasteiger partial charge on any atom is 0.322 e. The van der Waals surface area contributed by atoms with Crippen LogP contribution in [-0.4, -0.2) is 38.7 Å². The lowest BCUT2D eigenvalue weighted by Gasteiger charge is -2.57. The number of piperidine rings is 1. The molecule has 4 rings (SSSR count). The van der Waals surface area contributed by atoms with Crippen molar-refractivity contribution in [3.63, 3.8) is 0 Å². The van der Waals surface area contributed by atoms with Gasteiger partial charge in [0.2, 0.25) is 0 Å². The van der Waals surface area contributed by atoms with Gasteiger partial charge in [-0.2, -0.15) is 0 Å². The van der Waals surface area contributed by atoms with E-state index in [1.54, 1.807) is 6.20 Å². The van der Waals surface area contributed by atoms with E-state index in [2.05, 4.69) is 10.3 Å². The predicted molar refractivity (Wildman–Crippen MR) is 97.3 cm³/mol. The summed E-state index contributed by atoms with van der Waals surface area (Å²) in [5.74, 6) is -0.392. The Morgan fingerprint density at radius 1 is 1.31 bits per heavy atom. The van der Waals surface area contributed by atoms with E-state index in [9.17, 15) is 14.3 Å². The van der Waals surface area contributed by atoms with Crippen LogP contribution in [0.5, 0.6) is 0 Å². The first-order valence-electron chi connectivity index (χ1n) is 8.86. The molecule has 1 saturated heterocycles. The van der Waals surface area contributed by atoms with Crippen LogP contribution < -0.4 is 5.32 Å². The van der Waals surface area contributed by atoms with Crippen molar-refractivity contribution < 1.29 is 14.3 Å². The molecule has 1 aliphatic carbocycles. The van der Waals surface area contributed by atoms with Crippen molar-refractivity contribution in [1.82, 2.24) is 9.88 Å². The number of urea groups is 1. The van der Waals surface area contributed by atoms with Gasteiger partial charge in [0.05, 0.1) is 11.8 Å². The van der Waals surface area contributed by atoms with Crippen LogP contribution in [0.2, 0.25) is 0 Å². The number of nitrogens with one attached hydrogen (secondary N) is 1. The fraction of sp³-hybridized carbons (Fsp3) is 0.400. The third-order valence-corrected chi connectivity index (χ3v) is 5.42. The molecule has 2 fully saturated rings. The SMILES string of the molecule is Cc1ccc(NC(=O)N2C3C[C@H]2CC(C)(O)C3)cc1-c1cncc(F)c1. The number of aliphatic hydroxyl groups is 1. The molecule has 2 amide bonds. The van der Waals surface area contributed by atoms with Crippen molar-refractivity contribution >= 4 is 11.7 Å². The number of aryl methyl sites for hydroxylation is 1. The second-order valence-electron chi connectivity index (χ2n) is 7.71. The summed E-state index contributed by atoms with van der Waals surface area (Å²) in [4.78, 5) is 18.4. The number of amides is 2. The van der Waals surface area contributed by atoms with E-state index in [0.717, 1.165) is 17.5 Å². The number of fused-ring (bicyclic) bond motifs is 2. The molecule has 5 nitrogen and oxygen atoms in total. The maximum absolute atomic E-state index is 13.5. The molecule has 0 spiro atoms. The smallest absolute Gasteiger partial charge is 0.322 e. The highest BCUT2D eigenvalue weighted by Gasteiger charge is 2.51. The van der Waals surface area contributed by atoms with Gasteiger partial charge in [-0.15, -0.1) is 0 Å². The summed E-state index contributed by atoms with van der Waals surface area (Å²) in [5.41, 5.74) is 2.48. The number of carbonyl (C=O) groups is 1. The Morgan fingerprint density at radius 2 is 2.04 bits per heavy atom. The first kappa shape index (κ1) is 17.0. The van der Waals surface area contributed by atoms with Gasteiger partial charge >= 0.3 is 6.03 Å². The van der Waals surface area contributed by atoms with Crippen LogP contribution in [0.1, 0.15) is 31.7 Å². The molecule has 2 aliphatic rings. The van der Waals surface area contributed by atoms with Crippen LogP contribution in [0.4, 0.5) is 14.9 Å². The summed E-state index contributed by atoms with van der Waals surface area (Å²) in [6.07, 6.45) is 4.97. The quantitative estimate of drug-likeness (QED) is 0.863. The molecule has 2 unspecified atom stereocenters. The van der Waals surface area contributed by atoms with E-state index in [-0.39, 0.29) is 18.1 Å². The summed E-state index contributed by atoms with van der Waals surface area (Å²) in [5, 5.41) is 13.1. The number of pyridine rings is 1. The van der Waals surface area contributed by atoms with Crippen molar-refractivity contribution in [2.45, 2.75) is 50.8 Å². The molecule has 6 heteroatoms. The number of benzene rings is 1. The minimum Gasteiger partial charge on any atom is -0.390 e. The van der Waals surface area contributed by atoms with E-state index in [0.29, 0.717) is 24.1 Å². The Balaban J connectivity index is 1.53. The first-order chi connectivity index (χ1) is 12.3. The Kier molecular flexibility index (Phi) is 3.95. The summed E-state index contributed by atoms with van der Waals surface area (Å²) < 4.78 is 13.5. The maximum atomic E-state index is 13.5. The highest BCUT2D eigenvalue weighted by atomic mass is 19.1. The minimum absolute atomic E-state index is 0.0982. The lowest BCUT2D eigenvalue weighted by atomic mass is 9.72. The van der Waals surface area contributed by atoms with Crippen molar-refractivity contribution in [3.05, 3.63) is 48.0 Å². The third kappa shape index (κ3) is 3.05. The van der Waals surface area contributed by atoms with Gasteiger partial charge in [-0.25, -0.2) is 9.18 Å². The second kappa shape index (κ2) is 6.06. The number of halogens is 1. The average Bonchev–Trinajstić information content (AvgIpc) is 2.55. The van der Waals surface area contributed by atoms with Crippen molar-refractivity contribution in [2.24, 2.45) is 0 Å². The number of hydrogen-bond donors (Lipinski definition) is 2. The molecule has 0 radical (unpaired) electrons. The Bertz CT molecular complexity index is 854. The summed E-state index contributed by atoms with van der Waals surface area (Å²) in [7, 11) is 0. The van der Waals surface area contributed by atoms with Crippen LogP contribution in [0, 0.1) is 12.7 Å². The summed E-state index contributed by atoms with van der Waals surface area (Å²) >= 11 is 0. The molecule has 2 N–H and O–H groups in total. The van der Waals surface area contributed by atoms with Crippen molar-refractivity contribution in [1.29, 1.82) is 0 Å². The molecule has 26 heavy (non-hydrogen) atoms. The topological polar surface area (TPSA) is 65.5 Å². The number of rotatable bonds is 2. The van der Waals surface area contributed by atoms with Crippen LogP contribution >= 0.6 is 0 Å². The molecule has 136 valence electrons. The number of aromatic nitrogens is 1. The van der Waals surface area contributed by atoms with Gasteiger partial charge in [0, 0.05) is 29.5 Å². The van der Waals surface area contributed by atoms with E-state index in [4.69, 9.17) is 0 Å². The monoisotopic (exact) mass is 355 g/mol. The number of anilines is 1. The van der Waals surface area contributed by atoms with Crippen LogP contribution in [0.3, 0.4) is 0 Å². The molecule has 1 aliphatic heterocycles. The van der Waals surface area contributed by atoms with Crippen LogP contribution in [0.25, 0.3) is 11.1 Å². The molecule has 2 heterocycles. The largest absolute Gasteiger partial charge is 0.390 e. The summed E-state index contributed by atoms with van der Waals surface area (Å²) in [6.45, 7) is 3.77.